The Labute approximate surface area is 108 Å². The van der Waals surface area contributed by atoms with E-state index in [0.29, 0.717) is 4.88 Å². The van der Waals surface area contributed by atoms with Gasteiger partial charge in [-0.15, -0.1) is 11.3 Å². The zero-order valence-corrected chi connectivity index (χ0v) is 10.7. The van der Waals surface area contributed by atoms with Gasteiger partial charge in [0.2, 0.25) is 0 Å². The maximum absolute atomic E-state index is 11.3. The van der Waals surface area contributed by atoms with Crippen molar-refractivity contribution in [1.29, 1.82) is 0 Å². The summed E-state index contributed by atoms with van der Waals surface area (Å²) < 4.78 is 5.68. The maximum Gasteiger partial charge on any atom is 0.338 e. The van der Waals surface area contributed by atoms with Gasteiger partial charge in [0, 0.05) is 9.58 Å². The molecular weight excluding hydrogens is 252 g/mol. The Kier molecular flexibility index (Phi) is 3.96. The number of fused-ring (bicyclic) bond motifs is 1. The molecule has 1 aromatic carbocycles. The van der Waals surface area contributed by atoms with Crippen LogP contribution in [0.5, 0.6) is 0 Å². The molecule has 96 valence electrons. The maximum atomic E-state index is 11.3. The second-order valence-electron chi connectivity index (χ2n) is 3.83. The molecule has 2 aromatic rings. The minimum absolute atomic E-state index is 0.176. The van der Waals surface area contributed by atoms with Gasteiger partial charge in [-0.25, -0.2) is 4.79 Å². The first-order chi connectivity index (χ1) is 8.63. The Bertz CT molecular complexity index is 516. The molecular formula is C13H14O4S. The van der Waals surface area contributed by atoms with Crippen molar-refractivity contribution >= 4 is 27.4 Å². The number of hydrogen-bond acceptors (Lipinski definition) is 5. The van der Waals surface area contributed by atoms with Crippen molar-refractivity contribution in [1.82, 2.24) is 0 Å². The zero-order chi connectivity index (χ0) is 13.1. The lowest BCUT2D eigenvalue weighted by Gasteiger charge is -2.14. The van der Waals surface area contributed by atoms with E-state index in [0.717, 1.165) is 10.1 Å². The molecule has 0 saturated heterocycles. The molecule has 2 atom stereocenters. The highest BCUT2D eigenvalue weighted by Gasteiger charge is 2.28. The number of rotatable bonds is 4. The zero-order valence-electron chi connectivity index (χ0n) is 9.87. The van der Waals surface area contributed by atoms with Gasteiger partial charge in [-0.1, -0.05) is 18.2 Å². The molecule has 0 spiro atoms. The SMILES string of the molecule is CCOC(=O)C(O)C(O)c1cc2ccccc2s1. The van der Waals surface area contributed by atoms with Crippen LogP contribution in [-0.2, 0) is 9.53 Å². The highest BCUT2D eigenvalue weighted by atomic mass is 32.1. The standard InChI is InChI=1S/C13H14O4S/c1-2-17-13(16)12(15)11(14)10-7-8-5-3-4-6-9(8)18-10/h3-7,11-12,14-15H,2H2,1H3. The van der Waals surface area contributed by atoms with Gasteiger partial charge in [0.1, 0.15) is 6.10 Å². The highest BCUT2D eigenvalue weighted by molar-refractivity contribution is 7.19. The minimum Gasteiger partial charge on any atom is -0.464 e. The molecule has 1 heterocycles. The summed E-state index contributed by atoms with van der Waals surface area (Å²) in [5, 5.41) is 20.6. The summed E-state index contributed by atoms with van der Waals surface area (Å²) in [6.45, 7) is 1.82. The summed E-state index contributed by atoms with van der Waals surface area (Å²) in [7, 11) is 0. The second-order valence-corrected chi connectivity index (χ2v) is 4.94. The van der Waals surface area contributed by atoms with Crippen molar-refractivity contribution in [2.75, 3.05) is 6.61 Å². The third-order valence-electron chi connectivity index (χ3n) is 2.56. The van der Waals surface area contributed by atoms with E-state index < -0.39 is 18.2 Å². The van der Waals surface area contributed by atoms with Crippen molar-refractivity contribution in [2.24, 2.45) is 0 Å². The van der Waals surface area contributed by atoms with Crippen LogP contribution in [0.2, 0.25) is 0 Å². The number of esters is 1. The average Bonchev–Trinajstić information content (AvgIpc) is 2.81. The lowest BCUT2D eigenvalue weighted by molar-refractivity contribution is -0.159. The Morgan fingerprint density at radius 1 is 1.39 bits per heavy atom. The van der Waals surface area contributed by atoms with Gasteiger partial charge in [0.05, 0.1) is 6.61 Å². The lowest BCUT2D eigenvalue weighted by Crippen LogP contribution is -2.29. The molecule has 4 nitrogen and oxygen atoms in total. The molecule has 0 aliphatic rings. The molecule has 0 bridgehead atoms. The number of ether oxygens (including phenoxy) is 1. The van der Waals surface area contributed by atoms with E-state index >= 15 is 0 Å². The molecule has 0 fully saturated rings. The number of carbonyl (C=O) groups is 1. The summed E-state index contributed by atoms with van der Waals surface area (Å²) in [6.07, 6.45) is -2.79. The first-order valence-corrected chi connectivity index (χ1v) is 6.46. The fraction of sp³-hybridized carbons (Fsp3) is 0.308. The van der Waals surface area contributed by atoms with Crippen molar-refractivity contribution in [2.45, 2.75) is 19.1 Å². The Balaban J connectivity index is 2.22. The van der Waals surface area contributed by atoms with E-state index in [4.69, 9.17) is 0 Å². The molecule has 2 unspecified atom stereocenters. The lowest BCUT2D eigenvalue weighted by atomic mass is 10.1. The third-order valence-corrected chi connectivity index (χ3v) is 3.75. The molecule has 0 amide bonds. The monoisotopic (exact) mass is 266 g/mol. The minimum atomic E-state index is -1.54. The molecule has 2 N–H and O–H groups in total. The second kappa shape index (κ2) is 5.48. The molecule has 18 heavy (non-hydrogen) atoms. The molecule has 5 heteroatoms. The fourth-order valence-electron chi connectivity index (χ4n) is 1.66. The van der Waals surface area contributed by atoms with Crippen molar-refractivity contribution in [3.63, 3.8) is 0 Å². The van der Waals surface area contributed by atoms with Crippen molar-refractivity contribution in [3.8, 4) is 0 Å². The summed E-state index contributed by atoms with van der Waals surface area (Å²) >= 11 is 1.35. The summed E-state index contributed by atoms with van der Waals surface area (Å²) in [4.78, 5) is 11.9. The number of hydrogen-bond donors (Lipinski definition) is 2. The predicted octanol–water partition coefficient (Wildman–Crippen LogP) is 1.86. The molecule has 0 aliphatic heterocycles. The van der Waals surface area contributed by atoms with E-state index in [1.165, 1.54) is 11.3 Å². The van der Waals surface area contributed by atoms with E-state index in [9.17, 15) is 15.0 Å². The first kappa shape index (κ1) is 13.0. The molecule has 2 rings (SSSR count). The summed E-state index contributed by atoms with van der Waals surface area (Å²) in [5.41, 5.74) is 0. The smallest absolute Gasteiger partial charge is 0.338 e. The van der Waals surface area contributed by atoms with E-state index in [1.807, 2.05) is 24.3 Å². The van der Waals surface area contributed by atoms with Gasteiger partial charge in [-0.2, -0.15) is 0 Å². The van der Waals surface area contributed by atoms with E-state index in [2.05, 4.69) is 4.74 Å². The first-order valence-electron chi connectivity index (χ1n) is 5.64. The quantitative estimate of drug-likeness (QED) is 0.829. The highest BCUT2D eigenvalue weighted by Crippen LogP contribution is 2.31. The van der Waals surface area contributed by atoms with Crippen LogP contribution in [0.4, 0.5) is 0 Å². The van der Waals surface area contributed by atoms with Gasteiger partial charge < -0.3 is 14.9 Å². The summed E-state index contributed by atoms with van der Waals surface area (Å²) in [5.74, 6) is -0.803. The van der Waals surface area contributed by atoms with Crippen molar-refractivity contribution in [3.05, 3.63) is 35.2 Å². The Morgan fingerprint density at radius 2 is 2.11 bits per heavy atom. The normalized spacial score (nSPS) is 14.4. The number of aliphatic hydroxyl groups excluding tert-OH is 2. The van der Waals surface area contributed by atoms with Crippen LogP contribution in [0.3, 0.4) is 0 Å². The van der Waals surface area contributed by atoms with Gasteiger partial charge >= 0.3 is 5.97 Å². The molecule has 1 aromatic heterocycles. The van der Waals surface area contributed by atoms with Crippen LogP contribution < -0.4 is 0 Å². The Morgan fingerprint density at radius 3 is 2.78 bits per heavy atom. The summed E-state index contributed by atoms with van der Waals surface area (Å²) in [6, 6.07) is 9.41. The van der Waals surface area contributed by atoms with Crippen LogP contribution in [0, 0.1) is 0 Å². The topological polar surface area (TPSA) is 66.8 Å². The number of thiophene rings is 1. The average molecular weight is 266 g/mol. The van der Waals surface area contributed by atoms with Crippen LogP contribution >= 0.6 is 11.3 Å². The third kappa shape index (κ3) is 2.53. The molecule has 0 saturated carbocycles. The molecule has 0 radical (unpaired) electrons. The van der Waals surface area contributed by atoms with Gasteiger partial charge in [0.25, 0.3) is 0 Å². The fourth-order valence-corrected chi connectivity index (χ4v) is 2.74. The Hall–Kier alpha value is -1.43. The van der Waals surface area contributed by atoms with E-state index in [-0.39, 0.29) is 6.61 Å². The van der Waals surface area contributed by atoms with E-state index in [1.54, 1.807) is 13.0 Å². The van der Waals surface area contributed by atoms with Gasteiger partial charge in [0.15, 0.2) is 6.10 Å². The van der Waals surface area contributed by atoms with Gasteiger partial charge in [-0.05, 0) is 24.4 Å². The van der Waals surface area contributed by atoms with Crippen LogP contribution in [0.15, 0.2) is 30.3 Å². The number of aliphatic hydroxyl groups is 2. The molecule has 0 aliphatic carbocycles. The predicted molar refractivity (Wildman–Crippen MR) is 69.4 cm³/mol. The van der Waals surface area contributed by atoms with Crippen LogP contribution in [0.1, 0.15) is 17.9 Å². The van der Waals surface area contributed by atoms with Crippen molar-refractivity contribution < 1.29 is 19.7 Å². The largest absolute Gasteiger partial charge is 0.464 e. The van der Waals surface area contributed by atoms with Gasteiger partial charge in [-0.3, -0.25) is 0 Å². The van der Waals surface area contributed by atoms with Crippen LogP contribution in [-0.4, -0.2) is 28.9 Å². The number of benzene rings is 1. The van der Waals surface area contributed by atoms with Crippen LogP contribution in [0.25, 0.3) is 10.1 Å². The number of carbonyl (C=O) groups excluding carboxylic acids is 1.